The van der Waals surface area contributed by atoms with Gasteiger partial charge < -0.3 is 10.1 Å². The van der Waals surface area contributed by atoms with Crippen LogP contribution in [0.5, 0.6) is 5.75 Å². The maximum Gasteiger partial charge on any atom is 0.280 e. The maximum atomic E-state index is 14.4. The van der Waals surface area contributed by atoms with Crippen molar-refractivity contribution in [2.24, 2.45) is 0 Å². The molecule has 6 rings (SSSR count). The lowest BCUT2D eigenvalue weighted by Crippen LogP contribution is -2.51. The van der Waals surface area contributed by atoms with Gasteiger partial charge in [0.2, 0.25) is 0 Å². The summed E-state index contributed by atoms with van der Waals surface area (Å²) in [4.78, 5) is 34.5. The van der Waals surface area contributed by atoms with Gasteiger partial charge >= 0.3 is 0 Å². The Hall–Kier alpha value is -3.88. The van der Waals surface area contributed by atoms with Crippen LogP contribution in [0.25, 0.3) is 5.69 Å². The quantitative estimate of drug-likeness (QED) is 0.345. The minimum Gasteiger partial charge on any atom is -0.494 e. The zero-order valence-electron chi connectivity index (χ0n) is 21.0. The van der Waals surface area contributed by atoms with Crippen molar-refractivity contribution < 1.29 is 14.3 Å². The molecule has 0 saturated carbocycles. The molecule has 38 heavy (non-hydrogen) atoms. The van der Waals surface area contributed by atoms with Crippen LogP contribution in [0.15, 0.2) is 54.7 Å². The first kappa shape index (κ1) is 24.5. The van der Waals surface area contributed by atoms with E-state index in [4.69, 9.17) is 33.0 Å². The van der Waals surface area contributed by atoms with Gasteiger partial charge in [-0.15, -0.1) is 0 Å². The predicted octanol–water partition coefficient (Wildman–Crippen LogP) is 5.87. The monoisotopic (exact) mass is 547 g/mol. The molecule has 1 N–H and O–H groups in total. The molecule has 0 bridgehead atoms. The number of hydrogen-bond acceptors (Lipinski definition) is 5. The van der Waals surface area contributed by atoms with Gasteiger partial charge in [-0.2, -0.15) is 5.10 Å². The molecular formula is C28H23Cl2N5O3. The molecule has 2 amide bonds. The van der Waals surface area contributed by atoms with Crippen LogP contribution in [-0.4, -0.2) is 33.7 Å². The van der Waals surface area contributed by atoms with Crippen LogP contribution in [0.3, 0.4) is 0 Å². The molecule has 4 heterocycles. The van der Waals surface area contributed by atoms with Crippen molar-refractivity contribution in [2.75, 3.05) is 17.3 Å². The Labute approximate surface area is 229 Å². The summed E-state index contributed by atoms with van der Waals surface area (Å²) in [5.41, 5.74) is 2.62. The number of para-hydroxylation sites is 2. The number of aryl methyl sites for hydroxylation is 1. The van der Waals surface area contributed by atoms with Crippen molar-refractivity contribution in [1.29, 1.82) is 0 Å². The summed E-state index contributed by atoms with van der Waals surface area (Å²) < 4.78 is 7.33. The molecule has 2 aromatic carbocycles. The molecule has 2 aliphatic heterocycles. The Balaban J connectivity index is 1.75. The van der Waals surface area contributed by atoms with E-state index in [9.17, 15) is 9.59 Å². The van der Waals surface area contributed by atoms with E-state index in [2.05, 4.69) is 10.3 Å². The zero-order chi connectivity index (χ0) is 26.9. The number of pyridine rings is 1. The normalized spacial score (nSPS) is 17.8. The van der Waals surface area contributed by atoms with Crippen molar-refractivity contribution >= 4 is 46.4 Å². The van der Waals surface area contributed by atoms with Crippen molar-refractivity contribution in [2.45, 2.75) is 32.2 Å². The minimum atomic E-state index is -1.55. The minimum absolute atomic E-state index is 0.122. The summed E-state index contributed by atoms with van der Waals surface area (Å²) in [6.07, 6.45) is 1.51. The van der Waals surface area contributed by atoms with Crippen LogP contribution in [-0.2, 0) is 10.3 Å². The number of anilines is 2. The van der Waals surface area contributed by atoms with Gasteiger partial charge in [-0.1, -0.05) is 55.2 Å². The first-order valence-electron chi connectivity index (χ1n) is 12.0. The van der Waals surface area contributed by atoms with Crippen molar-refractivity contribution in [3.05, 3.63) is 93.0 Å². The lowest BCUT2D eigenvalue weighted by Gasteiger charge is -2.36. The van der Waals surface area contributed by atoms with Gasteiger partial charge in [0.05, 0.1) is 29.2 Å². The third kappa shape index (κ3) is 3.17. The summed E-state index contributed by atoms with van der Waals surface area (Å²) >= 11 is 12.7. The molecule has 0 saturated heterocycles. The summed E-state index contributed by atoms with van der Waals surface area (Å²) in [5, 5.41) is 8.61. The molecule has 0 radical (unpaired) electrons. The molecule has 1 unspecified atom stereocenters. The zero-order valence-corrected chi connectivity index (χ0v) is 22.6. The average molecular weight is 548 g/mol. The highest BCUT2D eigenvalue weighted by Gasteiger charge is 2.64. The van der Waals surface area contributed by atoms with E-state index in [1.165, 1.54) is 11.1 Å². The molecule has 0 aliphatic carbocycles. The van der Waals surface area contributed by atoms with Crippen molar-refractivity contribution in [1.82, 2.24) is 14.8 Å². The number of hydrogen-bond donors (Lipinski definition) is 1. The molecule has 1 atom stereocenters. The highest BCUT2D eigenvalue weighted by molar-refractivity contribution is 6.32. The van der Waals surface area contributed by atoms with Crippen LogP contribution in [0.1, 0.15) is 52.8 Å². The Bertz CT molecular complexity index is 1660. The molecule has 0 fully saturated rings. The van der Waals surface area contributed by atoms with Crippen LogP contribution in [0.4, 0.5) is 11.4 Å². The fourth-order valence-corrected chi connectivity index (χ4v) is 5.91. The number of methoxy groups -OCH3 is 1. The van der Waals surface area contributed by atoms with E-state index in [0.717, 1.165) is 0 Å². The number of carbonyl (C=O) groups is 2. The van der Waals surface area contributed by atoms with Crippen LogP contribution < -0.4 is 15.0 Å². The number of halogens is 2. The number of benzene rings is 2. The first-order valence-corrected chi connectivity index (χ1v) is 12.8. The molecule has 10 heteroatoms. The number of fused-ring (bicyclic) bond motifs is 4. The molecule has 1 spiro atoms. The second-order valence-electron chi connectivity index (χ2n) is 9.60. The fraction of sp³-hybridized carbons (Fsp3) is 0.214. The number of rotatable bonds is 4. The fourth-order valence-electron chi connectivity index (χ4n) is 5.58. The van der Waals surface area contributed by atoms with Gasteiger partial charge in [-0.25, -0.2) is 4.68 Å². The van der Waals surface area contributed by atoms with E-state index >= 15 is 0 Å². The highest BCUT2D eigenvalue weighted by atomic mass is 35.5. The molecular weight excluding hydrogens is 525 g/mol. The van der Waals surface area contributed by atoms with Crippen molar-refractivity contribution in [3.8, 4) is 11.4 Å². The van der Waals surface area contributed by atoms with Crippen molar-refractivity contribution in [3.63, 3.8) is 0 Å². The molecule has 8 nitrogen and oxygen atoms in total. The second-order valence-corrected chi connectivity index (χ2v) is 10.5. The third-order valence-corrected chi connectivity index (χ3v) is 7.54. The summed E-state index contributed by atoms with van der Waals surface area (Å²) in [5.74, 6) is -0.348. The number of amides is 2. The number of nitrogens with zero attached hydrogens (tertiary/aromatic N) is 4. The van der Waals surface area contributed by atoms with Gasteiger partial charge in [0, 0.05) is 28.0 Å². The number of nitrogens with one attached hydrogen (secondary N) is 1. The molecule has 192 valence electrons. The number of aromatic nitrogens is 3. The largest absolute Gasteiger partial charge is 0.494 e. The van der Waals surface area contributed by atoms with Gasteiger partial charge in [0.1, 0.15) is 11.4 Å². The first-order chi connectivity index (χ1) is 18.2. The highest BCUT2D eigenvalue weighted by Crippen LogP contribution is 2.55. The lowest BCUT2D eigenvalue weighted by atomic mass is 9.81. The SMILES string of the molecule is COc1ccccc1-n1nc2c(c1C(C)C)C1(C(=O)Nc3cc(Cl)ccc31)N(c1cc(Cl)cnc1C)C2=O. The molecule has 2 aliphatic rings. The van der Waals surface area contributed by atoms with Gasteiger partial charge in [-0.3, -0.25) is 19.5 Å². The Morgan fingerprint density at radius 2 is 1.79 bits per heavy atom. The Kier molecular flexibility index (Phi) is 5.52. The van der Waals surface area contributed by atoms with E-state index in [-0.39, 0.29) is 17.5 Å². The van der Waals surface area contributed by atoms with E-state index in [1.807, 2.05) is 38.1 Å². The van der Waals surface area contributed by atoms with Crippen LogP contribution in [0.2, 0.25) is 10.0 Å². The number of ether oxygens (including phenoxy) is 1. The van der Waals surface area contributed by atoms with E-state index < -0.39 is 11.4 Å². The Morgan fingerprint density at radius 1 is 1.03 bits per heavy atom. The molecule has 4 aromatic rings. The molecule has 2 aromatic heterocycles. The van der Waals surface area contributed by atoms with Crippen LogP contribution >= 0.6 is 23.2 Å². The second kappa shape index (κ2) is 8.58. The van der Waals surface area contributed by atoms with Gasteiger partial charge in [0.15, 0.2) is 11.2 Å². The lowest BCUT2D eigenvalue weighted by molar-refractivity contribution is -0.119. The van der Waals surface area contributed by atoms with E-state index in [0.29, 0.717) is 55.4 Å². The Morgan fingerprint density at radius 3 is 2.53 bits per heavy atom. The third-order valence-electron chi connectivity index (χ3n) is 7.10. The summed E-state index contributed by atoms with van der Waals surface area (Å²) in [7, 11) is 1.58. The topological polar surface area (TPSA) is 89.3 Å². The summed E-state index contributed by atoms with van der Waals surface area (Å²) in [6, 6.07) is 14.3. The van der Waals surface area contributed by atoms with Crippen LogP contribution in [0, 0.1) is 6.92 Å². The maximum absolute atomic E-state index is 14.4. The standard InChI is InChI=1S/C28H23Cl2N5O3/c1-14(2)25-23-24(33-35(25)20-7-5-6-8-22(20)38-4)26(36)34(21-12-17(30)13-31-15(21)3)28(23)18-10-9-16(29)11-19(18)32-27(28)37/h5-14H,1-4H3,(H,32,37). The predicted molar refractivity (Wildman–Crippen MR) is 146 cm³/mol. The van der Waals surface area contributed by atoms with E-state index in [1.54, 1.807) is 43.0 Å². The average Bonchev–Trinajstić information content (AvgIpc) is 3.49. The smallest absolute Gasteiger partial charge is 0.280 e. The number of carbonyl (C=O) groups excluding carboxylic acids is 2. The summed E-state index contributed by atoms with van der Waals surface area (Å²) in [6.45, 7) is 5.79. The van der Waals surface area contributed by atoms with Gasteiger partial charge in [-0.05, 0) is 43.2 Å². The van der Waals surface area contributed by atoms with Gasteiger partial charge in [0.25, 0.3) is 11.8 Å².